The number of phenols is 1. The summed E-state index contributed by atoms with van der Waals surface area (Å²) in [6.07, 6.45) is 1.51. The summed E-state index contributed by atoms with van der Waals surface area (Å²) in [7, 11) is 1.78. The summed E-state index contributed by atoms with van der Waals surface area (Å²) in [4.78, 5) is 25.3. The highest BCUT2D eigenvalue weighted by atomic mass is 16.3. The van der Waals surface area contributed by atoms with Crippen LogP contribution >= 0.6 is 0 Å². The number of para-hydroxylation sites is 1. The first-order chi connectivity index (χ1) is 13.9. The van der Waals surface area contributed by atoms with Gasteiger partial charge in [0.2, 0.25) is 0 Å². The van der Waals surface area contributed by atoms with Crippen LogP contribution < -0.4 is 16.2 Å². The number of nitrogens with zero attached hydrogens (tertiary/aromatic N) is 2. The number of urea groups is 1. The standard InChI is InChI=1S/C22H26N4O3/c1-15(9-10-17-11-13-19(27)14-12-17)23-22(29)24-20-16(2)25(3)26(21(20)28)18-7-5-4-6-8-18/h4-8,11-15,27H,9-10H2,1-3H3,(H2,23,24,29)/t15-/m0/s1. The molecule has 0 saturated carbocycles. The third-order valence-corrected chi connectivity index (χ3v) is 4.97. The molecule has 3 rings (SSSR count). The second-order valence-electron chi connectivity index (χ2n) is 7.14. The number of phenolic OH excluding ortho intramolecular Hbond substituents is 1. The Morgan fingerprint density at radius 3 is 2.41 bits per heavy atom. The zero-order valence-corrected chi connectivity index (χ0v) is 16.8. The Morgan fingerprint density at radius 2 is 1.76 bits per heavy atom. The van der Waals surface area contributed by atoms with Gasteiger partial charge in [-0.25, -0.2) is 9.48 Å². The average molecular weight is 394 g/mol. The van der Waals surface area contributed by atoms with E-state index in [0.29, 0.717) is 5.69 Å². The van der Waals surface area contributed by atoms with Crippen LogP contribution in [0.4, 0.5) is 10.5 Å². The van der Waals surface area contributed by atoms with Gasteiger partial charge in [0.1, 0.15) is 11.4 Å². The quantitative estimate of drug-likeness (QED) is 0.599. The Labute approximate surface area is 169 Å². The molecule has 0 unspecified atom stereocenters. The number of aromatic hydroxyl groups is 1. The number of carbonyl (C=O) groups excluding carboxylic acids is 1. The van der Waals surface area contributed by atoms with Gasteiger partial charge in [0.25, 0.3) is 5.56 Å². The topological polar surface area (TPSA) is 88.3 Å². The minimum absolute atomic E-state index is 0.0795. The highest BCUT2D eigenvalue weighted by Crippen LogP contribution is 2.14. The van der Waals surface area contributed by atoms with Crippen LogP contribution in [0.2, 0.25) is 0 Å². The summed E-state index contributed by atoms with van der Waals surface area (Å²) in [6.45, 7) is 3.71. The number of hydrogen-bond acceptors (Lipinski definition) is 3. The summed E-state index contributed by atoms with van der Waals surface area (Å²) in [5, 5.41) is 14.9. The molecular formula is C22H26N4O3. The van der Waals surface area contributed by atoms with E-state index in [4.69, 9.17) is 0 Å². The van der Waals surface area contributed by atoms with E-state index in [2.05, 4.69) is 10.6 Å². The van der Waals surface area contributed by atoms with Gasteiger partial charge in [-0.05, 0) is 56.5 Å². The Bertz CT molecular complexity index is 1040. The fourth-order valence-corrected chi connectivity index (χ4v) is 3.20. The zero-order chi connectivity index (χ0) is 21.0. The largest absolute Gasteiger partial charge is 0.508 e. The molecule has 0 spiro atoms. The SMILES string of the molecule is Cc1c(NC(=O)N[C@@H](C)CCc2ccc(O)cc2)c(=O)n(-c2ccccc2)n1C. The van der Waals surface area contributed by atoms with Crippen LogP contribution in [0, 0.1) is 6.92 Å². The molecule has 0 fully saturated rings. The van der Waals surface area contributed by atoms with Crippen molar-refractivity contribution in [3.63, 3.8) is 0 Å². The lowest BCUT2D eigenvalue weighted by Gasteiger charge is -2.14. The molecule has 0 aliphatic heterocycles. The van der Waals surface area contributed by atoms with Crippen LogP contribution in [0.3, 0.4) is 0 Å². The Hall–Kier alpha value is -3.48. The third-order valence-electron chi connectivity index (χ3n) is 4.97. The number of hydrogen-bond donors (Lipinski definition) is 3. The molecule has 0 aliphatic carbocycles. The van der Waals surface area contributed by atoms with Crippen LogP contribution in [0.5, 0.6) is 5.75 Å². The van der Waals surface area contributed by atoms with Crippen LogP contribution in [-0.2, 0) is 13.5 Å². The maximum absolute atomic E-state index is 12.8. The molecule has 7 nitrogen and oxygen atoms in total. The van der Waals surface area contributed by atoms with Crippen LogP contribution in [0.1, 0.15) is 24.6 Å². The molecule has 0 aliphatic rings. The van der Waals surface area contributed by atoms with Gasteiger partial charge in [-0.1, -0.05) is 30.3 Å². The second-order valence-corrected chi connectivity index (χ2v) is 7.14. The van der Waals surface area contributed by atoms with E-state index in [1.54, 1.807) is 30.8 Å². The number of amides is 2. The first kappa shape index (κ1) is 20.3. The summed E-state index contributed by atoms with van der Waals surface area (Å²) in [5.41, 5.74) is 2.48. The first-order valence-corrected chi connectivity index (χ1v) is 9.56. The van der Waals surface area contributed by atoms with Gasteiger partial charge in [-0.15, -0.1) is 0 Å². The van der Waals surface area contributed by atoms with Crippen molar-refractivity contribution >= 4 is 11.7 Å². The van der Waals surface area contributed by atoms with Crippen LogP contribution in [0.15, 0.2) is 59.4 Å². The minimum atomic E-state index is -0.408. The van der Waals surface area contributed by atoms with Crippen molar-refractivity contribution in [1.82, 2.24) is 14.7 Å². The molecule has 0 saturated heterocycles. The molecule has 1 heterocycles. The summed E-state index contributed by atoms with van der Waals surface area (Å²) in [5.74, 6) is 0.235. The lowest BCUT2D eigenvalue weighted by atomic mass is 10.1. The number of aromatic nitrogens is 2. The average Bonchev–Trinajstić information content (AvgIpc) is 2.91. The van der Waals surface area contributed by atoms with E-state index in [1.165, 1.54) is 4.68 Å². The fraction of sp³-hybridized carbons (Fsp3) is 0.273. The van der Waals surface area contributed by atoms with Crippen LogP contribution in [-0.4, -0.2) is 26.5 Å². The lowest BCUT2D eigenvalue weighted by molar-refractivity contribution is 0.248. The van der Waals surface area contributed by atoms with Gasteiger partial charge < -0.3 is 15.7 Å². The molecule has 2 aromatic carbocycles. The number of aryl methyl sites for hydroxylation is 1. The second kappa shape index (κ2) is 8.68. The van der Waals surface area contributed by atoms with Crippen molar-refractivity contribution in [2.75, 3.05) is 5.32 Å². The minimum Gasteiger partial charge on any atom is -0.508 e. The van der Waals surface area contributed by atoms with E-state index in [-0.39, 0.29) is 23.0 Å². The number of nitrogens with one attached hydrogen (secondary N) is 2. The Balaban J connectivity index is 1.64. The predicted molar refractivity (Wildman–Crippen MR) is 114 cm³/mol. The van der Waals surface area contributed by atoms with Gasteiger partial charge in [0.05, 0.1) is 11.4 Å². The van der Waals surface area contributed by atoms with Crippen molar-refractivity contribution < 1.29 is 9.90 Å². The van der Waals surface area contributed by atoms with Gasteiger partial charge in [-0.3, -0.25) is 9.48 Å². The van der Waals surface area contributed by atoms with E-state index < -0.39 is 6.03 Å². The fourth-order valence-electron chi connectivity index (χ4n) is 3.20. The molecule has 2 amide bonds. The van der Waals surface area contributed by atoms with E-state index in [9.17, 15) is 14.7 Å². The summed E-state index contributed by atoms with van der Waals surface area (Å²) in [6, 6.07) is 15.8. The smallest absolute Gasteiger partial charge is 0.319 e. The molecule has 152 valence electrons. The monoisotopic (exact) mass is 394 g/mol. The number of benzene rings is 2. The third kappa shape index (κ3) is 4.68. The molecule has 29 heavy (non-hydrogen) atoms. The molecule has 1 atom stereocenters. The Morgan fingerprint density at radius 1 is 1.10 bits per heavy atom. The first-order valence-electron chi connectivity index (χ1n) is 9.56. The van der Waals surface area contributed by atoms with Crippen molar-refractivity contribution in [1.29, 1.82) is 0 Å². The predicted octanol–water partition coefficient (Wildman–Crippen LogP) is 3.33. The van der Waals surface area contributed by atoms with Gasteiger partial charge >= 0.3 is 6.03 Å². The molecule has 0 radical (unpaired) electrons. The maximum atomic E-state index is 12.8. The summed E-state index contributed by atoms with van der Waals surface area (Å²) < 4.78 is 3.25. The summed E-state index contributed by atoms with van der Waals surface area (Å²) >= 11 is 0. The molecular weight excluding hydrogens is 368 g/mol. The molecule has 1 aromatic heterocycles. The number of anilines is 1. The molecule has 7 heteroatoms. The van der Waals surface area contributed by atoms with E-state index >= 15 is 0 Å². The van der Waals surface area contributed by atoms with Crippen molar-refractivity contribution in [3.05, 3.63) is 76.2 Å². The zero-order valence-electron chi connectivity index (χ0n) is 16.8. The van der Waals surface area contributed by atoms with E-state index in [1.807, 2.05) is 49.4 Å². The molecule has 3 N–H and O–H groups in total. The lowest BCUT2D eigenvalue weighted by Crippen LogP contribution is -2.37. The molecule has 0 bridgehead atoms. The van der Waals surface area contributed by atoms with Crippen LogP contribution in [0.25, 0.3) is 5.69 Å². The van der Waals surface area contributed by atoms with Gasteiger partial charge in [0, 0.05) is 13.1 Å². The van der Waals surface area contributed by atoms with Crippen molar-refractivity contribution in [3.8, 4) is 11.4 Å². The highest BCUT2D eigenvalue weighted by molar-refractivity contribution is 5.89. The van der Waals surface area contributed by atoms with Crippen molar-refractivity contribution in [2.45, 2.75) is 32.7 Å². The van der Waals surface area contributed by atoms with Gasteiger partial charge in [0.15, 0.2) is 0 Å². The maximum Gasteiger partial charge on any atom is 0.319 e. The van der Waals surface area contributed by atoms with E-state index in [0.717, 1.165) is 24.1 Å². The highest BCUT2D eigenvalue weighted by Gasteiger charge is 2.18. The van der Waals surface area contributed by atoms with Crippen molar-refractivity contribution in [2.24, 2.45) is 7.05 Å². The Kier molecular flexibility index (Phi) is 6.07. The normalized spacial score (nSPS) is 11.8. The number of rotatable bonds is 6. The molecule has 3 aromatic rings. The number of carbonyl (C=O) groups is 1. The van der Waals surface area contributed by atoms with Gasteiger partial charge in [-0.2, -0.15) is 0 Å².